The number of carboxylic acids is 1. The van der Waals surface area contributed by atoms with E-state index >= 15 is 0 Å². The highest BCUT2D eigenvalue weighted by molar-refractivity contribution is 8.01. The van der Waals surface area contributed by atoms with Crippen molar-refractivity contribution in [1.29, 1.82) is 0 Å². The second-order valence-electron chi connectivity index (χ2n) is 3.64. The highest BCUT2D eigenvalue weighted by atomic mass is 32.2. The van der Waals surface area contributed by atoms with Crippen molar-refractivity contribution >= 4 is 45.3 Å². The Kier molecular flexibility index (Phi) is 4.25. The topological polar surface area (TPSA) is 132 Å². The molecule has 0 bridgehead atoms. The molecule has 0 aliphatic carbocycles. The number of carboxylic acid groups (broad SMARTS) is 1. The van der Waals surface area contributed by atoms with Crippen LogP contribution >= 0.6 is 23.1 Å². The molecule has 0 saturated heterocycles. The third kappa shape index (κ3) is 3.48. The van der Waals surface area contributed by atoms with Crippen LogP contribution in [0.25, 0.3) is 10.3 Å². The second-order valence-corrected chi connectivity index (χ2v) is 5.86. The number of amides is 1. The number of nitrogens with one attached hydrogen (secondary N) is 2. The molecule has 2 rings (SSSR count). The van der Waals surface area contributed by atoms with Crippen molar-refractivity contribution in [3.05, 3.63) is 16.4 Å². The molecule has 2 aromatic heterocycles. The van der Waals surface area contributed by atoms with E-state index < -0.39 is 24.0 Å². The highest BCUT2D eigenvalue weighted by Gasteiger charge is 2.11. The van der Waals surface area contributed by atoms with Gasteiger partial charge in [0.05, 0.1) is 5.75 Å². The van der Waals surface area contributed by atoms with E-state index in [1.807, 2.05) is 0 Å². The Morgan fingerprint density at radius 2 is 2.25 bits per heavy atom. The zero-order valence-corrected chi connectivity index (χ0v) is 11.5. The molecule has 0 aliphatic rings. The monoisotopic (exact) mass is 315 g/mol. The predicted molar refractivity (Wildman–Crippen MR) is 73.3 cm³/mol. The van der Waals surface area contributed by atoms with Gasteiger partial charge in [-0.15, -0.1) is 11.3 Å². The van der Waals surface area contributed by atoms with E-state index in [1.54, 1.807) is 0 Å². The third-order valence-electron chi connectivity index (χ3n) is 2.11. The molecule has 4 N–H and O–H groups in total. The Hall–Kier alpha value is -2.07. The van der Waals surface area contributed by atoms with Crippen LogP contribution in [0.1, 0.15) is 0 Å². The molecule has 10 heteroatoms. The lowest BCUT2D eigenvalue weighted by Gasteiger charge is -1.99. The molecule has 0 aromatic carbocycles. The van der Waals surface area contributed by atoms with Crippen molar-refractivity contribution < 1.29 is 19.8 Å². The minimum atomic E-state index is -1.12. The fourth-order valence-corrected chi connectivity index (χ4v) is 3.16. The zero-order valence-electron chi connectivity index (χ0n) is 9.87. The number of hydrogen-bond acceptors (Lipinski definition) is 7. The van der Waals surface area contributed by atoms with Crippen molar-refractivity contribution in [3.8, 4) is 5.75 Å². The number of aliphatic carboxylic acids is 1. The number of thioether (sulfide) groups is 1. The summed E-state index contributed by atoms with van der Waals surface area (Å²) in [6.07, 6.45) is 0. The molecular weight excluding hydrogens is 306 g/mol. The Morgan fingerprint density at radius 3 is 2.95 bits per heavy atom. The summed E-state index contributed by atoms with van der Waals surface area (Å²) in [7, 11) is 0. The molecule has 1 amide bonds. The first-order valence-corrected chi connectivity index (χ1v) is 7.10. The Bertz CT molecular complexity index is 723. The molecular formula is C10H9N3O5S2. The molecule has 0 saturated carbocycles. The summed E-state index contributed by atoms with van der Waals surface area (Å²) >= 11 is 2.22. The van der Waals surface area contributed by atoms with Crippen LogP contribution in [-0.4, -0.2) is 44.4 Å². The average molecular weight is 315 g/mol. The van der Waals surface area contributed by atoms with Crippen molar-refractivity contribution in [2.24, 2.45) is 0 Å². The maximum Gasteiger partial charge on any atom is 0.322 e. The minimum Gasteiger partial charge on any atom is -0.506 e. The van der Waals surface area contributed by atoms with Crippen LogP contribution in [0.2, 0.25) is 0 Å². The SMILES string of the molecule is O=C(O)CNC(=O)CSc1nc2[nH]c(=O)cc(O)c2s1. The number of aromatic amines is 1. The Morgan fingerprint density at radius 1 is 1.50 bits per heavy atom. The summed E-state index contributed by atoms with van der Waals surface area (Å²) in [5.41, 5.74) is -0.204. The first kappa shape index (κ1) is 14.3. The first-order chi connectivity index (χ1) is 9.45. The van der Waals surface area contributed by atoms with E-state index in [-0.39, 0.29) is 17.1 Å². The number of H-pyrrole nitrogens is 1. The first-order valence-electron chi connectivity index (χ1n) is 5.30. The van der Waals surface area contributed by atoms with Crippen molar-refractivity contribution in [2.75, 3.05) is 12.3 Å². The van der Waals surface area contributed by atoms with Gasteiger partial charge in [0.2, 0.25) is 5.91 Å². The molecule has 0 aliphatic heterocycles. The number of fused-ring (bicyclic) bond motifs is 1. The van der Waals surface area contributed by atoms with Crippen molar-refractivity contribution in [3.63, 3.8) is 0 Å². The van der Waals surface area contributed by atoms with Crippen LogP contribution in [0.15, 0.2) is 15.2 Å². The van der Waals surface area contributed by atoms with Gasteiger partial charge in [-0.05, 0) is 0 Å². The smallest absolute Gasteiger partial charge is 0.322 e. The van der Waals surface area contributed by atoms with Gasteiger partial charge < -0.3 is 20.5 Å². The van der Waals surface area contributed by atoms with Crippen molar-refractivity contribution in [2.45, 2.75) is 4.34 Å². The van der Waals surface area contributed by atoms with E-state index in [4.69, 9.17) is 5.11 Å². The lowest BCUT2D eigenvalue weighted by atomic mass is 10.4. The number of aromatic hydroxyl groups is 1. The molecule has 8 nitrogen and oxygen atoms in total. The van der Waals surface area contributed by atoms with Gasteiger partial charge >= 0.3 is 5.97 Å². The zero-order chi connectivity index (χ0) is 14.7. The molecule has 0 unspecified atom stereocenters. The fourth-order valence-electron chi connectivity index (χ4n) is 1.32. The number of hydrogen-bond donors (Lipinski definition) is 4. The fraction of sp³-hybridized carbons (Fsp3) is 0.200. The largest absolute Gasteiger partial charge is 0.506 e. The molecule has 0 spiro atoms. The number of pyridine rings is 1. The summed E-state index contributed by atoms with van der Waals surface area (Å²) in [5.74, 6) is -1.72. The number of carbonyl (C=O) groups excluding carboxylic acids is 1. The lowest BCUT2D eigenvalue weighted by Crippen LogP contribution is -2.30. The van der Waals surface area contributed by atoms with Crippen molar-refractivity contribution in [1.82, 2.24) is 15.3 Å². The van der Waals surface area contributed by atoms with E-state index in [0.717, 1.165) is 29.2 Å². The summed E-state index contributed by atoms with van der Waals surface area (Å²) in [6.45, 7) is -0.437. The third-order valence-corrected chi connectivity index (χ3v) is 4.33. The van der Waals surface area contributed by atoms with Gasteiger partial charge in [-0.25, -0.2) is 4.98 Å². The molecule has 20 heavy (non-hydrogen) atoms. The van der Waals surface area contributed by atoms with Gasteiger partial charge in [0.15, 0.2) is 9.99 Å². The normalized spacial score (nSPS) is 10.6. The Balaban J connectivity index is 2.04. The van der Waals surface area contributed by atoms with E-state index in [9.17, 15) is 19.5 Å². The summed E-state index contributed by atoms with van der Waals surface area (Å²) in [4.78, 5) is 39.3. The minimum absolute atomic E-state index is 0.00189. The van der Waals surface area contributed by atoms with Crippen LogP contribution < -0.4 is 10.9 Å². The highest BCUT2D eigenvalue weighted by Crippen LogP contribution is 2.32. The standard InChI is InChI=1S/C10H9N3O5S2/c14-4-1-5(15)12-9-8(4)20-10(13-9)19-3-6(16)11-2-7(17)18/h1H,2-3H2,(H,11,16)(H,17,18)(H2,12,14,15). The summed E-state index contributed by atoms with van der Waals surface area (Å²) in [5, 5.41) is 20.2. The number of nitrogens with zero attached hydrogens (tertiary/aromatic N) is 1. The van der Waals surface area contributed by atoms with Crippen LogP contribution in [0.5, 0.6) is 5.75 Å². The summed E-state index contributed by atoms with van der Waals surface area (Å²) in [6, 6.07) is 1.05. The molecule has 0 fully saturated rings. The maximum absolute atomic E-state index is 11.3. The molecule has 0 atom stereocenters. The van der Waals surface area contributed by atoms with Gasteiger partial charge in [-0.2, -0.15) is 0 Å². The number of rotatable bonds is 5. The van der Waals surface area contributed by atoms with Crippen LogP contribution in [0.3, 0.4) is 0 Å². The van der Waals surface area contributed by atoms with Crippen LogP contribution in [0.4, 0.5) is 0 Å². The molecule has 106 valence electrons. The number of thiazole rings is 1. The van der Waals surface area contributed by atoms with Gasteiger partial charge in [-0.1, -0.05) is 11.8 Å². The predicted octanol–water partition coefficient (Wildman–Crippen LogP) is -0.0169. The van der Waals surface area contributed by atoms with E-state index in [2.05, 4.69) is 15.3 Å². The molecule has 2 aromatic rings. The van der Waals surface area contributed by atoms with Gasteiger partial charge in [0.25, 0.3) is 5.56 Å². The van der Waals surface area contributed by atoms with Gasteiger partial charge in [0, 0.05) is 6.07 Å². The number of carbonyl (C=O) groups is 2. The average Bonchev–Trinajstić information content (AvgIpc) is 2.77. The van der Waals surface area contributed by atoms with Gasteiger partial charge in [0.1, 0.15) is 17.0 Å². The molecule has 0 radical (unpaired) electrons. The van der Waals surface area contributed by atoms with Crippen LogP contribution in [-0.2, 0) is 9.59 Å². The quantitative estimate of drug-likeness (QED) is 0.570. The van der Waals surface area contributed by atoms with Crippen LogP contribution in [0, 0.1) is 0 Å². The van der Waals surface area contributed by atoms with Gasteiger partial charge in [-0.3, -0.25) is 14.4 Å². The molecule has 2 heterocycles. The Labute approximate surface area is 119 Å². The summed E-state index contributed by atoms with van der Waals surface area (Å²) < 4.78 is 0.917. The van der Waals surface area contributed by atoms with E-state index in [0.29, 0.717) is 9.04 Å². The lowest BCUT2D eigenvalue weighted by molar-refractivity contribution is -0.137. The second kappa shape index (κ2) is 5.92. The van der Waals surface area contributed by atoms with E-state index in [1.165, 1.54) is 0 Å². The number of aromatic nitrogens is 2. The maximum atomic E-state index is 11.3.